The minimum absolute atomic E-state index is 0.00685. The van der Waals surface area contributed by atoms with Crippen molar-refractivity contribution < 1.29 is 19.1 Å². The van der Waals surface area contributed by atoms with Crippen LogP contribution in [0.1, 0.15) is 30.9 Å². The van der Waals surface area contributed by atoms with Crippen LogP contribution in [0.4, 0.5) is 5.69 Å². The summed E-state index contributed by atoms with van der Waals surface area (Å²) in [6, 6.07) is 8.88. The van der Waals surface area contributed by atoms with Crippen LogP contribution in [-0.2, 0) is 9.59 Å². The number of hydrogen-bond donors (Lipinski definition) is 2. The van der Waals surface area contributed by atoms with Crippen molar-refractivity contribution in [3.63, 3.8) is 0 Å². The number of methoxy groups -OCH3 is 1. The molecule has 0 radical (unpaired) electrons. The summed E-state index contributed by atoms with van der Waals surface area (Å²) in [6.07, 6.45) is 1.54. The highest BCUT2D eigenvalue weighted by atomic mass is 127. The van der Waals surface area contributed by atoms with Crippen LogP contribution in [0.15, 0.2) is 35.4 Å². The van der Waals surface area contributed by atoms with Crippen LogP contribution in [0.3, 0.4) is 0 Å². The van der Waals surface area contributed by atoms with Gasteiger partial charge in [0.25, 0.3) is 0 Å². The minimum atomic E-state index is -0.365. The summed E-state index contributed by atoms with van der Waals surface area (Å²) in [5, 5.41) is 7.23. The first-order valence-corrected chi connectivity index (χ1v) is 10.7. The molecule has 0 aliphatic carbocycles. The Morgan fingerprint density at radius 2 is 1.93 bits per heavy atom. The molecule has 7 nitrogen and oxygen atoms in total. The molecule has 2 aromatic rings. The molecule has 2 rings (SSSR count). The van der Waals surface area contributed by atoms with Gasteiger partial charge in [-0.3, -0.25) is 9.59 Å². The van der Waals surface area contributed by atoms with Gasteiger partial charge < -0.3 is 14.8 Å². The molecule has 0 aromatic heterocycles. The van der Waals surface area contributed by atoms with E-state index in [4.69, 9.17) is 21.1 Å². The van der Waals surface area contributed by atoms with Gasteiger partial charge in [-0.15, -0.1) is 0 Å². The van der Waals surface area contributed by atoms with E-state index >= 15 is 0 Å². The summed E-state index contributed by atoms with van der Waals surface area (Å²) >= 11 is 8.19. The zero-order chi connectivity index (χ0) is 22.1. The number of anilines is 1. The second-order valence-corrected chi connectivity index (χ2v) is 7.84. The number of carbonyl (C=O) groups excluding carboxylic acids is 2. The van der Waals surface area contributed by atoms with Crippen LogP contribution in [-0.4, -0.2) is 31.7 Å². The normalized spacial score (nSPS) is 10.7. The number of hydrogen-bond acceptors (Lipinski definition) is 5. The van der Waals surface area contributed by atoms with Crippen molar-refractivity contribution in [2.75, 3.05) is 19.0 Å². The Morgan fingerprint density at radius 3 is 2.60 bits per heavy atom. The molecular formula is C21H23ClIN3O4. The van der Waals surface area contributed by atoms with Crippen LogP contribution in [0.2, 0.25) is 5.02 Å². The van der Waals surface area contributed by atoms with Gasteiger partial charge in [-0.25, -0.2) is 5.43 Å². The van der Waals surface area contributed by atoms with Crippen molar-refractivity contribution in [3.05, 3.63) is 50.1 Å². The van der Waals surface area contributed by atoms with Gasteiger partial charge in [0.2, 0.25) is 11.8 Å². The first-order chi connectivity index (χ1) is 14.3. The number of amides is 2. The molecule has 160 valence electrons. The van der Waals surface area contributed by atoms with E-state index in [0.29, 0.717) is 28.8 Å². The highest BCUT2D eigenvalue weighted by molar-refractivity contribution is 14.1. The molecular weight excluding hydrogens is 521 g/mol. The second-order valence-electron chi connectivity index (χ2n) is 6.27. The highest BCUT2D eigenvalue weighted by Gasteiger charge is 2.11. The monoisotopic (exact) mass is 543 g/mol. The van der Waals surface area contributed by atoms with Crippen LogP contribution in [0.25, 0.3) is 0 Å². The molecule has 2 aromatic carbocycles. The molecule has 0 atom stereocenters. The Kier molecular flexibility index (Phi) is 9.38. The van der Waals surface area contributed by atoms with Crippen LogP contribution in [0.5, 0.6) is 11.5 Å². The SMILES string of the molecule is CCOc1c(I)cc(C=NNC(=O)CCC(=O)Nc2ccc(C)c(Cl)c2)cc1OC. The Morgan fingerprint density at radius 1 is 1.20 bits per heavy atom. The zero-order valence-electron chi connectivity index (χ0n) is 16.9. The number of halogens is 2. The molecule has 2 N–H and O–H groups in total. The van der Waals surface area contributed by atoms with Gasteiger partial charge in [0, 0.05) is 23.6 Å². The fourth-order valence-corrected chi connectivity index (χ4v) is 3.42. The average molecular weight is 544 g/mol. The predicted molar refractivity (Wildman–Crippen MR) is 127 cm³/mol. The molecule has 0 aliphatic heterocycles. The summed E-state index contributed by atoms with van der Waals surface area (Å²) in [5.41, 5.74) is 4.68. The zero-order valence-corrected chi connectivity index (χ0v) is 19.8. The summed E-state index contributed by atoms with van der Waals surface area (Å²) in [5.74, 6) is 0.614. The average Bonchev–Trinajstić information content (AvgIpc) is 2.71. The van der Waals surface area contributed by atoms with E-state index in [1.165, 1.54) is 6.21 Å². The van der Waals surface area contributed by atoms with E-state index in [1.807, 2.05) is 26.0 Å². The fourth-order valence-electron chi connectivity index (χ4n) is 2.45. The highest BCUT2D eigenvalue weighted by Crippen LogP contribution is 2.33. The van der Waals surface area contributed by atoms with Gasteiger partial charge in [0.05, 0.1) is 23.5 Å². The van der Waals surface area contributed by atoms with Crippen LogP contribution >= 0.6 is 34.2 Å². The van der Waals surface area contributed by atoms with E-state index in [2.05, 4.69) is 38.4 Å². The molecule has 9 heteroatoms. The first kappa shape index (κ1) is 23.9. The lowest BCUT2D eigenvalue weighted by atomic mass is 10.2. The molecule has 0 bridgehead atoms. The van der Waals surface area contributed by atoms with Crippen molar-refractivity contribution in [1.82, 2.24) is 5.43 Å². The number of aryl methyl sites for hydroxylation is 1. The maximum absolute atomic E-state index is 12.0. The van der Waals surface area contributed by atoms with Crippen molar-refractivity contribution in [1.29, 1.82) is 0 Å². The Bertz CT molecular complexity index is 950. The molecule has 0 spiro atoms. The first-order valence-electron chi connectivity index (χ1n) is 9.22. The number of ether oxygens (including phenoxy) is 2. The van der Waals surface area contributed by atoms with E-state index < -0.39 is 0 Å². The van der Waals surface area contributed by atoms with E-state index in [9.17, 15) is 9.59 Å². The standard InChI is InChI=1S/C21H23ClIN3O4/c1-4-30-21-17(23)9-14(10-18(21)29-3)12-24-26-20(28)8-7-19(27)25-15-6-5-13(2)16(22)11-15/h5-6,9-12H,4,7-8H2,1-3H3,(H,25,27)(H,26,28). The number of rotatable bonds is 9. The predicted octanol–water partition coefficient (Wildman–Crippen LogP) is 4.53. The van der Waals surface area contributed by atoms with Gasteiger partial charge in [0.15, 0.2) is 11.5 Å². The Labute approximate surface area is 194 Å². The number of hydrazone groups is 1. The number of nitrogens with zero attached hydrogens (tertiary/aromatic N) is 1. The van der Waals surface area contributed by atoms with Crippen LogP contribution in [0, 0.1) is 10.5 Å². The Balaban J connectivity index is 1.85. The van der Waals surface area contributed by atoms with Gasteiger partial charge in [-0.1, -0.05) is 17.7 Å². The molecule has 0 unspecified atom stereocenters. The molecule has 0 saturated carbocycles. The summed E-state index contributed by atoms with van der Waals surface area (Å²) in [4.78, 5) is 23.9. The molecule has 0 saturated heterocycles. The third-order valence-corrected chi connectivity index (χ3v) is 5.19. The maximum Gasteiger partial charge on any atom is 0.240 e. The van der Waals surface area contributed by atoms with Gasteiger partial charge in [-0.2, -0.15) is 5.10 Å². The Hall–Kier alpha value is -2.33. The topological polar surface area (TPSA) is 89.0 Å². The molecule has 0 heterocycles. The maximum atomic E-state index is 12.0. The molecule has 0 fully saturated rings. The molecule has 2 amide bonds. The summed E-state index contributed by atoms with van der Waals surface area (Å²) < 4.78 is 11.8. The van der Waals surface area contributed by atoms with Crippen LogP contribution < -0.4 is 20.2 Å². The van der Waals surface area contributed by atoms with Crippen molar-refractivity contribution in [3.8, 4) is 11.5 Å². The lowest BCUT2D eigenvalue weighted by molar-refractivity contribution is -0.124. The van der Waals surface area contributed by atoms with Gasteiger partial charge >= 0.3 is 0 Å². The number of benzene rings is 2. The second kappa shape index (κ2) is 11.8. The number of nitrogens with one attached hydrogen (secondary N) is 2. The summed E-state index contributed by atoms with van der Waals surface area (Å²) in [7, 11) is 1.56. The minimum Gasteiger partial charge on any atom is -0.493 e. The number of carbonyl (C=O) groups is 2. The molecule has 30 heavy (non-hydrogen) atoms. The largest absolute Gasteiger partial charge is 0.493 e. The van der Waals surface area contributed by atoms with E-state index in [0.717, 1.165) is 14.7 Å². The van der Waals surface area contributed by atoms with E-state index in [-0.39, 0.29) is 24.7 Å². The van der Waals surface area contributed by atoms with Gasteiger partial charge in [-0.05, 0) is 71.8 Å². The van der Waals surface area contributed by atoms with Crippen molar-refractivity contribution in [2.45, 2.75) is 26.7 Å². The lowest BCUT2D eigenvalue weighted by Crippen LogP contribution is -2.20. The quantitative estimate of drug-likeness (QED) is 0.276. The third-order valence-electron chi connectivity index (χ3n) is 3.98. The van der Waals surface area contributed by atoms with Gasteiger partial charge in [0.1, 0.15) is 0 Å². The van der Waals surface area contributed by atoms with Crippen molar-refractivity contribution >= 4 is 57.9 Å². The smallest absolute Gasteiger partial charge is 0.240 e. The lowest BCUT2D eigenvalue weighted by Gasteiger charge is -2.12. The molecule has 0 aliphatic rings. The third kappa shape index (κ3) is 7.17. The van der Waals surface area contributed by atoms with E-state index in [1.54, 1.807) is 25.3 Å². The fraction of sp³-hybridized carbons (Fsp3) is 0.286. The summed E-state index contributed by atoms with van der Waals surface area (Å²) in [6.45, 7) is 4.31. The van der Waals surface area contributed by atoms with Crippen molar-refractivity contribution in [2.24, 2.45) is 5.10 Å².